The van der Waals surface area contributed by atoms with Crippen molar-refractivity contribution in [2.45, 2.75) is 34.1 Å². The van der Waals surface area contributed by atoms with Crippen molar-refractivity contribution in [2.75, 3.05) is 19.8 Å². The molecular weight excluding hydrogens is 352 g/mol. The van der Waals surface area contributed by atoms with Gasteiger partial charge in [-0.05, 0) is 26.7 Å². The molecule has 0 saturated heterocycles. The summed E-state index contributed by atoms with van der Waals surface area (Å²) in [5.74, 6) is -2.36. The molecule has 7 nitrogen and oxygen atoms in total. The molecule has 0 aliphatic rings. The SMILES string of the molecule is C=C(C)C(=O)OCC(COC(=O)C(=C)C)(COC(=O)C(=C)C)C(C)CC=O. The average Bonchev–Trinajstić information content (AvgIpc) is 2.60. The second kappa shape index (κ2) is 11.1. The van der Waals surface area contributed by atoms with E-state index in [2.05, 4.69) is 19.7 Å². The molecule has 27 heavy (non-hydrogen) atoms. The van der Waals surface area contributed by atoms with E-state index in [0.717, 1.165) is 0 Å². The largest absolute Gasteiger partial charge is 0.461 e. The zero-order chi connectivity index (χ0) is 21.2. The third kappa shape index (κ3) is 8.02. The number of hydrogen-bond donors (Lipinski definition) is 0. The summed E-state index contributed by atoms with van der Waals surface area (Å²) in [7, 11) is 0. The molecule has 0 bridgehead atoms. The van der Waals surface area contributed by atoms with Crippen LogP contribution in [0.25, 0.3) is 0 Å². The highest BCUT2D eigenvalue weighted by Gasteiger charge is 2.41. The summed E-state index contributed by atoms with van der Waals surface area (Å²) in [4.78, 5) is 46.5. The summed E-state index contributed by atoms with van der Waals surface area (Å²) in [6.07, 6.45) is 0.779. The molecule has 0 aliphatic heterocycles. The van der Waals surface area contributed by atoms with E-state index >= 15 is 0 Å². The van der Waals surface area contributed by atoms with Gasteiger partial charge in [-0.1, -0.05) is 26.7 Å². The fourth-order valence-electron chi connectivity index (χ4n) is 1.94. The minimum absolute atomic E-state index is 0.0832. The molecule has 7 heteroatoms. The first-order chi connectivity index (χ1) is 12.5. The predicted molar refractivity (Wildman–Crippen MR) is 99.6 cm³/mol. The molecule has 1 unspecified atom stereocenters. The first-order valence-corrected chi connectivity index (χ1v) is 8.38. The third-order valence-electron chi connectivity index (χ3n) is 4.01. The quantitative estimate of drug-likeness (QED) is 0.222. The van der Waals surface area contributed by atoms with Gasteiger partial charge in [-0.25, -0.2) is 14.4 Å². The molecule has 0 saturated carbocycles. The second-order valence-corrected chi connectivity index (χ2v) is 6.74. The van der Waals surface area contributed by atoms with E-state index in [4.69, 9.17) is 14.2 Å². The lowest BCUT2D eigenvalue weighted by Gasteiger charge is -2.36. The number of ether oxygens (including phenoxy) is 3. The van der Waals surface area contributed by atoms with Crippen molar-refractivity contribution < 1.29 is 33.4 Å². The van der Waals surface area contributed by atoms with Gasteiger partial charge >= 0.3 is 17.9 Å². The highest BCUT2D eigenvalue weighted by Crippen LogP contribution is 2.32. The topological polar surface area (TPSA) is 96.0 Å². The van der Waals surface area contributed by atoms with Crippen LogP contribution in [0.5, 0.6) is 0 Å². The maximum atomic E-state index is 11.8. The predicted octanol–water partition coefficient (Wildman–Crippen LogP) is 2.56. The number of hydrogen-bond acceptors (Lipinski definition) is 7. The fourth-order valence-corrected chi connectivity index (χ4v) is 1.94. The van der Waals surface area contributed by atoms with Gasteiger partial charge in [0, 0.05) is 23.1 Å². The molecule has 0 rings (SSSR count). The summed E-state index contributed by atoms with van der Waals surface area (Å²) in [6.45, 7) is 16.0. The number of carbonyl (C=O) groups is 4. The number of aldehydes is 1. The number of carbonyl (C=O) groups excluding carboxylic acids is 4. The van der Waals surface area contributed by atoms with E-state index in [1.807, 2.05) is 0 Å². The highest BCUT2D eigenvalue weighted by molar-refractivity contribution is 5.88. The maximum Gasteiger partial charge on any atom is 0.333 e. The molecule has 150 valence electrons. The Bertz CT molecular complexity index is 556. The van der Waals surface area contributed by atoms with Crippen LogP contribution in [0.15, 0.2) is 36.5 Å². The molecule has 0 amide bonds. The second-order valence-electron chi connectivity index (χ2n) is 6.74. The Morgan fingerprint density at radius 3 is 1.33 bits per heavy atom. The van der Waals surface area contributed by atoms with E-state index in [-0.39, 0.29) is 43.0 Å². The van der Waals surface area contributed by atoms with Gasteiger partial charge in [0.15, 0.2) is 0 Å². The molecule has 0 fully saturated rings. The number of esters is 3. The van der Waals surface area contributed by atoms with Crippen molar-refractivity contribution >= 4 is 24.2 Å². The van der Waals surface area contributed by atoms with Gasteiger partial charge in [0.2, 0.25) is 0 Å². The van der Waals surface area contributed by atoms with Crippen LogP contribution in [-0.4, -0.2) is 44.0 Å². The Kier molecular flexibility index (Phi) is 10.00. The number of rotatable bonds is 12. The molecule has 0 spiro atoms. The molecule has 0 aromatic carbocycles. The zero-order valence-electron chi connectivity index (χ0n) is 16.5. The third-order valence-corrected chi connectivity index (χ3v) is 4.01. The Morgan fingerprint density at radius 2 is 1.11 bits per heavy atom. The fraction of sp³-hybridized carbons (Fsp3) is 0.500. The lowest BCUT2D eigenvalue weighted by Crippen LogP contribution is -2.45. The first-order valence-electron chi connectivity index (χ1n) is 8.38. The van der Waals surface area contributed by atoms with Crippen LogP contribution < -0.4 is 0 Å². The maximum absolute atomic E-state index is 11.8. The van der Waals surface area contributed by atoms with Gasteiger partial charge < -0.3 is 19.0 Å². The monoisotopic (exact) mass is 380 g/mol. The Labute approximate surface area is 160 Å². The summed E-state index contributed by atoms with van der Waals surface area (Å²) in [6, 6.07) is 0. The first kappa shape index (κ1) is 24.3. The van der Waals surface area contributed by atoms with Crippen molar-refractivity contribution in [1.29, 1.82) is 0 Å². The standard InChI is InChI=1S/C20H28O7/c1-13(2)17(22)25-10-20(16(7)8-9-21,11-26-18(23)14(3)4)12-27-19(24)15(5)6/h9,16H,1,3,5,8,10-12H2,2,4,6-7H3. The van der Waals surface area contributed by atoms with Crippen molar-refractivity contribution in [2.24, 2.45) is 11.3 Å². The minimum atomic E-state index is -1.12. The minimum Gasteiger partial charge on any atom is -0.461 e. The van der Waals surface area contributed by atoms with Crippen LogP contribution in [-0.2, 0) is 33.4 Å². The molecule has 0 aromatic heterocycles. The Balaban J connectivity index is 5.66. The van der Waals surface area contributed by atoms with Gasteiger partial charge in [-0.15, -0.1) is 0 Å². The molecule has 0 aromatic rings. The van der Waals surface area contributed by atoms with Crippen LogP contribution in [0.2, 0.25) is 0 Å². The van der Waals surface area contributed by atoms with E-state index in [0.29, 0.717) is 6.29 Å². The van der Waals surface area contributed by atoms with Gasteiger partial charge in [-0.2, -0.15) is 0 Å². The van der Waals surface area contributed by atoms with Crippen LogP contribution in [0.1, 0.15) is 34.1 Å². The highest BCUT2D eigenvalue weighted by atomic mass is 16.6. The molecule has 0 aliphatic carbocycles. The summed E-state index contributed by atoms with van der Waals surface area (Å²) < 4.78 is 15.7. The van der Waals surface area contributed by atoms with Crippen molar-refractivity contribution in [3.05, 3.63) is 36.5 Å². The van der Waals surface area contributed by atoms with Crippen molar-refractivity contribution in [3.63, 3.8) is 0 Å². The van der Waals surface area contributed by atoms with Crippen LogP contribution in [0.3, 0.4) is 0 Å². The van der Waals surface area contributed by atoms with Crippen LogP contribution in [0, 0.1) is 11.3 Å². The molecular formula is C20H28O7. The Hall–Kier alpha value is -2.70. The van der Waals surface area contributed by atoms with E-state index < -0.39 is 29.2 Å². The summed E-state index contributed by atoms with van der Waals surface area (Å²) in [5, 5.41) is 0. The van der Waals surface area contributed by atoms with Crippen LogP contribution >= 0.6 is 0 Å². The molecule has 0 radical (unpaired) electrons. The van der Waals surface area contributed by atoms with E-state index in [1.165, 1.54) is 20.8 Å². The normalized spacial score (nSPS) is 11.7. The average molecular weight is 380 g/mol. The van der Waals surface area contributed by atoms with Gasteiger partial charge in [0.25, 0.3) is 0 Å². The van der Waals surface area contributed by atoms with Crippen molar-refractivity contribution in [1.82, 2.24) is 0 Å². The zero-order valence-corrected chi connectivity index (χ0v) is 16.5. The van der Waals surface area contributed by atoms with Gasteiger partial charge in [0.05, 0.1) is 5.41 Å². The van der Waals surface area contributed by atoms with Crippen molar-refractivity contribution in [3.8, 4) is 0 Å². The summed E-state index contributed by atoms with van der Waals surface area (Å²) >= 11 is 0. The summed E-state index contributed by atoms with van der Waals surface area (Å²) in [5.41, 5.74) is -0.568. The van der Waals surface area contributed by atoms with Gasteiger partial charge in [0.1, 0.15) is 26.1 Å². The van der Waals surface area contributed by atoms with Gasteiger partial charge in [-0.3, -0.25) is 0 Å². The smallest absolute Gasteiger partial charge is 0.333 e. The Morgan fingerprint density at radius 1 is 0.815 bits per heavy atom. The van der Waals surface area contributed by atoms with Crippen LogP contribution in [0.4, 0.5) is 0 Å². The lowest BCUT2D eigenvalue weighted by atomic mass is 9.76. The molecule has 0 N–H and O–H groups in total. The van der Waals surface area contributed by atoms with E-state index in [1.54, 1.807) is 6.92 Å². The molecule has 0 heterocycles. The molecule has 1 atom stereocenters. The van der Waals surface area contributed by atoms with E-state index in [9.17, 15) is 19.2 Å². The lowest BCUT2D eigenvalue weighted by molar-refractivity contribution is -0.161.